The van der Waals surface area contributed by atoms with E-state index in [9.17, 15) is 10.2 Å². The zero-order valence-corrected chi connectivity index (χ0v) is 13.5. The third kappa shape index (κ3) is 2.99. The number of rotatable bonds is 4. The van der Waals surface area contributed by atoms with Crippen LogP contribution in [0.2, 0.25) is 0 Å². The molecule has 4 heteroatoms. The number of methoxy groups -OCH3 is 2. The molecule has 0 heterocycles. The van der Waals surface area contributed by atoms with E-state index in [2.05, 4.69) is 0 Å². The number of ether oxygens (including phenoxy) is 2. The minimum absolute atomic E-state index is 0.186. The zero-order chi connectivity index (χ0) is 17.1. The number of phenols is 2. The third-order valence-corrected chi connectivity index (χ3v) is 3.84. The molecule has 4 nitrogen and oxygen atoms in total. The Morgan fingerprint density at radius 1 is 0.625 bits per heavy atom. The first kappa shape index (κ1) is 15.7. The van der Waals surface area contributed by atoms with Gasteiger partial charge in [-0.25, -0.2) is 0 Å². The third-order valence-electron chi connectivity index (χ3n) is 3.84. The topological polar surface area (TPSA) is 58.9 Å². The molecule has 0 radical (unpaired) electrons. The lowest BCUT2D eigenvalue weighted by Crippen LogP contribution is -1.94. The number of phenolic OH excluding ortho intramolecular Hbond substituents is 2. The summed E-state index contributed by atoms with van der Waals surface area (Å²) in [5, 5.41) is 19.5. The monoisotopic (exact) mass is 322 g/mol. The Hall–Kier alpha value is -3.14. The van der Waals surface area contributed by atoms with Gasteiger partial charge in [0.05, 0.1) is 14.2 Å². The molecule has 0 saturated carbocycles. The maximum Gasteiger partial charge on any atom is 0.127 e. The summed E-state index contributed by atoms with van der Waals surface area (Å²) in [6.45, 7) is 0. The zero-order valence-electron chi connectivity index (χ0n) is 13.5. The Balaban J connectivity index is 2.20. The van der Waals surface area contributed by atoms with E-state index in [0.29, 0.717) is 11.5 Å². The number of hydrogen-bond donors (Lipinski definition) is 2. The van der Waals surface area contributed by atoms with Gasteiger partial charge in [-0.05, 0) is 47.5 Å². The Kier molecular flexibility index (Phi) is 4.29. The number of benzene rings is 3. The van der Waals surface area contributed by atoms with Gasteiger partial charge in [0, 0.05) is 11.1 Å². The van der Waals surface area contributed by atoms with Gasteiger partial charge in [0.15, 0.2) is 0 Å². The lowest BCUT2D eigenvalue weighted by molar-refractivity contribution is 0.406. The molecule has 0 aliphatic rings. The number of hydrogen-bond acceptors (Lipinski definition) is 4. The van der Waals surface area contributed by atoms with Crippen LogP contribution in [0.3, 0.4) is 0 Å². The van der Waals surface area contributed by atoms with Crippen LogP contribution in [0.15, 0.2) is 60.7 Å². The van der Waals surface area contributed by atoms with E-state index in [4.69, 9.17) is 9.47 Å². The molecule has 3 aromatic carbocycles. The fraction of sp³-hybridized carbons (Fsp3) is 0.100. The van der Waals surface area contributed by atoms with E-state index < -0.39 is 0 Å². The first-order chi connectivity index (χ1) is 11.6. The van der Waals surface area contributed by atoms with Crippen molar-refractivity contribution in [2.45, 2.75) is 0 Å². The van der Waals surface area contributed by atoms with Gasteiger partial charge in [-0.1, -0.05) is 24.3 Å². The van der Waals surface area contributed by atoms with Crippen molar-refractivity contribution in [2.75, 3.05) is 14.2 Å². The van der Waals surface area contributed by atoms with Crippen LogP contribution in [0.5, 0.6) is 23.0 Å². The smallest absolute Gasteiger partial charge is 0.127 e. The summed E-state index contributed by atoms with van der Waals surface area (Å²) in [4.78, 5) is 0. The minimum atomic E-state index is 0.186. The molecule has 0 fully saturated rings. The standard InChI is InChI=1S/C20H18O4/c1-23-19-11-18(14-6-4-8-16(22)10-14)20(24-2)12-17(19)13-5-3-7-15(21)9-13/h3-12,21-22H,1-2H3. The first-order valence-corrected chi connectivity index (χ1v) is 7.47. The molecular formula is C20H18O4. The van der Waals surface area contributed by atoms with Crippen LogP contribution in [0, 0.1) is 0 Å². The maximum atomic E-state index is 9.73. The molecule has 0 amide bonds. The molecule has 0 unspecified atom stereocenters. The predicted octanol–water partition coefficient (Wildman–Crippen LogP) is 4.45. The van der Waals surface area contributed by atoms with Crippen LogP contribution >= 0.6 is 0 Å². The summed E-state index contributed by atoms with van der Waals surface area (Å²) in [7, 11) is 3.20. The van der Waals surface area contributed by atoms with E-state index in [1.807, 2.05) is 24.3 Å². The van der Waals surface area contributed by atoms with Gasteiger partial charge in [0.25, 0.3) is 0 Å². The predicted molar refractivity (Wildman–Crippen MR) is 93.7 cm³/mol. The van der Waals surface area contributed by atoms with Gasteiger partial charge in [-0.15, -0.1) is 0 Å². The summed E-state index contributed by atoms with van der Waals surface area (Å²) in [6, 6.07) is 17.7. The highest BCUT2D eigenvalue weighted by Gasteiger charge is 2.15. The highest BCUT2D eigenvalue weighted by molar-refractivity contribution is 5.81. The average Bonchev–Trinajstić information content (AvgIpc) is 2.60. The van der Waals surface area contributed by atoms with Crippen molar-refractivity contribution in [2.24, 2.45) is 0 Å². The van der Waals surface area contributed by atoms with Crippen LogP contribution in [0.4, 0.5) is 0 Å². The molecule has 0 bridgehead atoms. The summed E-state index contributed by atoms with van der Waals surface area (Å²) >= 11 is 0. The summed E-state index contributed by atoms with van der Waals surface area (Å²) in [5.41, 5.74) is 3.28. The fourth-order valence-corrected chi connectivity index (χ4v) is 2.70. The van der Waals surface area contributed by atoms with Gasteiger partial charge in [0.2, 0.25) is 0 Å². The normalized spacial score (nSPS) is 10.4. The van der Waals surface area contributed by atoms with Crippen molar-refractivity contribution < 1.29 is 19.7 Å². The van der Waals surface area contributed by atoms with E-state index in [-0.39, 0.29) is 11.5 Å². The van der Waals surface area contributed by atoms with Crippen molar-refractivity contribution in [1.82, 2.24) is 0 Å². The Bertz CT molecular complexity index is 798. The molecular weight excluding hydrogens is 304 g/mol. The summed E-state index contributed by atoms with van der Waals surface area (Å²) in [5.74, 6) is 1.68. The van der Waals surface area contributed by atoms with Gasteiger partial charge >= 0.3 is 0 Å². The largest absolute Gasteiger partial charge is 0.508 e. The quantitative estimate of drug-likeness (QED) is 0.745. The van der Waals surface area contributed by atoms with Gasteiger partial charge < -0.3 is 19.7 Å². The molecule has 0 atom stereocenters. The van der Waals surface area contributed by atoms with Crippen molar-refractivity contribution in [3.63, 3.8) is 0 Å². The Morgan fingerprint density at radius 3 is 1.38 bits per heavy atom. The van der Waals surface area contributed by atoms with Crippen LogP contribution in [-0.4, -0.2) is 24.4 Å². The molecule has 0 spiro atoms. The van der Waals surface area contributed by atoms with Crippen molar-refractivity contribution >= 4 is 0 Å². The van der Waals surface area contributed by atoms with E-state index in [1.54, 1.807) is 50.6 Å². The molecule has 0 aliphatic heterocycles. The fourth-order valence-electron chi connectivity index (χ4n) is 2.70. The SMILES string of the molecule is COc1cc(-c2cccc(O)c2)c(OC)cc1-c1cccc(O)c1. The molecule has 0 aromatic heterocycles. The van der Waals surface area contributed by atoms with E-state index in [1.165, 1.54) is 0 Å². The second kappa shape index (κ2) is 6.54. The second-order valence-corrected chi connectivity index (χ2v) is 5.35. The van der Waals surface area contributed by atoms with Crippen molar-refractivity contribution in [3.05, 3.63) is 60.7 Å². The molecule has 24 heavy (non-hydrogen) atoms. The summed E-state index contributed by atoms with van der Waals surface area (Å²) in [6.07, 6.45) is 0. The van der Waals surface area contributed by atoms with Crippen molar-refractivity contribution in [3.8, 4) is 45.3 Å². The van der Waals surface area contributed by atoms with Crippen LogP contribution in [0.25, 0.3) is 22.3 Å². The lowest BCUT2D eigenvalue weighted by atomic mass is 9.97. The second-order valence-electron chi connectivity index (χ2n) is 5.35. The highest BCUT2D eigenvalue weighted by atomic mass is 16.5. The molecule has 3 aromatic rings. The first-order valence-electron chi connectivity index (χ1n) is 7.47. The highest BCUT2D eigenvalue weighted by Crippen LogP contribution is 2.41. The van der Waals surface area contributed by atoms with Crippen LogP contribution in [-0.2, 0) is 0 Å². The van der Waals surface area contributed by atoms with Crippen LogP contribution < -0.4 is 9.47 Å². The van der Waals surface area contributed by atoms with E-state index in [0.717, 1.165) is 22.3 Å². The molecule has 0 saturated heterocycles. The maximum absolute atomic E-state index is 9.73. The van der Waals surface area contributed by atoms with Gasteiger partial charge in [0.1, 0.15) is 23.0 Å². The number of aromatic hydroxyl groups is 2. The van der Waals surface area contributed by atoms with Gasteiger partial charge in [-0.3, -0.25) is 0 Å². The minimum Gasteiger partial charge on any atom is -0.508 e. The van der Waals surface area contributed by atoms with Gasteiger partial charge in [-0.2, -0.15) is 0 Å². The molecule has 0 aliphatic carbocycles. The Labute approximate surface area is 140 Å². The Morgan fingerprint density at radius 2 is 1.04 bits per heavy atom. The molecule has 2 N–H and O–H groups in total. The summed E-state index contributed by atoms with van der Waals surface area (Å²) < 4.78 is 11.1. The lowest BCUT2D eigenvalue weighted by Gasteiger charge is -2.15. The van der Waals surface area contributed by atoms with E-state index >= 15 is 0 Å². The molecule has 3 rings (SSSR count). The average molecular weight is 322 g/mol. The van der Waals surface area contributed by atoms with Crippen LogP contribution in [0.1, 0.15) is 0 Å². The molecule has 122 valence electrons. The van der Waals surface area contributed by atoms with Crippen molar-refractivity contribution in [1.29, 1.82) is 0 Å².